The number of nitrogens with two attached hydrogens (primary N) is 1. The Kier molecular flexibility index (Phi) is 4.43. The van der Waals surface area contributed by atoms with Gasteiger partial charge in [0.2, 0.25) is 0 Å². The van der Waals surface area contributed by atoms with Crippen molar-refractivity contribution in [3.63, 3.8) is 0 Å². The zero-order valence-electron chi connectivity index (χ0n) is 11.7. The summed E-state index contributed by atoms with van der Waals surface area (Å²) in [5.41, 5.74) is 8.46. The Morgan fingerprint density at radius 1 is 1.43 bits per heavy atom. The van der Waals surface area contributed by atoms with E-state index >= 15 is 0 Å². The number of ketones is 1. The lowest BCUT2D eigenvalue weighted by molar-refractivity contribution is 0.0350. The van der Waals surface area contributed by atoms with Gasteiger partial charge in [-0.3, -0.25) is 4.79 Å². The highest BCUT2D eigenvalue weighted by Crippen LogP contribution is 2.30. The molecule has 1 unspecified atom stereocenters. The maximum absolute atomic E-state index is 12.4. The van der Waals surface area contributed by atoms with Crippen molar-refractivity contribution < 1.29 is 9.53 Å². The Balaban J connectivity index is 1.73. The minimum atomic E-state index is -0.151. The number of Topliss-reactive ketones (excluding diaryl/α,β-unsaturated/α-hetero) is 1. The van der Waals surface area contributed by atoms with Crippen LogP contribution in [0, 0.1) is 0 Å². The van der Waals surface area contributed by atoms with Crippen molar-refractivity contribution in [2.45, 2.75) is 25.4 Å². The molecule has 0 saturated carbocycles. The number of carbonyl (C=O) groups excluding carboxylic acids is 1. The molecule has 2 aromatic rings. The molecule has 0 saturated heterocycles. The van der Waals surface area contributed by atoms with E-state index in [0.29, 0.717) is 25.3 Å². The second-order valence-corrected chi connectivity index (χ2v) is 6.04. The molecule has 0 aliphatic carbocycles. The molecule has 21 heavy (non-hydrogen) atoms. The first-order valence-electron chi connectivity index (χ1n) is 7.15. The number of benzene rings is 1. The molecule has 4 nitrogen and oxygen atoms in total. The van der Waals surface area contributed by atoms with Crippen molar-refractivity contribution in [1.82, 2.24) is 4.98 Å². The Bertz CT molecular complexity index is 639. The SMILES string of the molecule is NCCc1nc(C(=O)CC2OCCc3ccccc32)cs1. The average Bonchev–Trinajstić information content (AvgIpc) is 2.97. The summed E-state index contributed by atoms with van der Waals surface area (Å²) in [6, 6.07) is 8.18. The van der Waals surface area contributed by atoms with Gasteiger partial charge in [-0.15, -0.1) is 11.3 Å². The molecule has 0 bridgehead atoms. The first-order chi connectivity index (χ1) is 10.3. The molecule has 1 aromatic heterocycles. The summed E-state index contributed by atoms with van der Waals surface area (Å²) in [6.45, 7) is 1.23. The Morgan fingerprint density at radius 2 is 2.29 bits per heavy atom. The summed E-state index contributed by atoms with van der Waals surface area (Å²) in [5, 5.41) is 2.74. The lowest BCUT2D eigenvalue weighted by Crippen LogP contribution is -2.19. The molecule has 0 spiro atoms. The van der Waals surface area contributed by atoms with E-state index in [-0.39, 0.29) is 11.9 Å². The van der Waals surface area contributed by atoms with Gasteiger partial charge in [0.15, 0.2) is 5.78 Å². The van der Waals surface area contributed by atoms with Gasteiger partial charge in [-0.1, -0.05) is 24.3 Å². The van der Waals surface area contributed by atoms with Crippen LogP contribution in [0.1, 0.15) is 39.1 Å². The van der Waals surface area contributed by atoms with Crippen LogP contribution >= 0.6 is 11.3 Å². The van der Waals surface area contributed by atoms with Gasteiger partial charge in [0.1, 0.15) is 5.69 Å². The number of thiazole rings is 1. The highest BCUT2D eigenvalue weighted by molar-refractivity contribution is 7.09. The maximum atomic E-state index is 12.4. The summed E-state index contributed by atoms with van der Waals surface area (Å²) in [4.78, 5) is 16.7. The third-order valence-electron chi connectivity index (χ3n) is 3.66. The van der Waals surface area contributed by atoms with E-state index in [1.54, 1.807) is 0 Å². The molecule has 0 fully saturated rings. The summed E-state index contributed by atoms with van der Waals surface area (Å²) in [7, 11) is 0. The van der Waals surface area contributed by atoms with Crippen molar-refractivity contribution in [2.75, 3.05) is 13.2 Å². The predicted molar refractivity (Wildman–Crippen MR) is 82.7 cm³/mol. The Hall–Kier alpha value is -1.56. The first-order valence-corrected chi connectivity index (χ1v) is 8.03. The van der Waals surface area contributed by atoms with E-state index in [9.17, 15) is 4.79 Å². The van der Waals surface area contributed by atoms with Gasteiger partial charge in [0, 0.05) is 18.2 Å². The van der Waals surface area contributed by atoms with Gasteiger partial charge in [-0.05, 0) is 24.1 Å². The fourth-order valence-corrected chi connectivity index (χ4v) is 3.41. The van der Waals surface area contributed by atoms with Gasteiger partial charge < -0.3 is 10.5 Å². The number of nitrogens with zero attached hydrogens (tertiary/aromatic N) is 1. The number of rotatable bonds is 5. The summed E-state index contributed by atoms with van der Waals surface area (Å²) >= 11 is 1.50. The number of aromatic nitrogens is 1. The topological polar surface area (TPSA) is 65.2 Å². The minimum absolute atomic E-state index is 0.0382. The van der Waals surface area contributed by atoms with Gasteiger partial charge in [-0.2, -0.15) is 0 Å². The monoisotopic (exact) mass is 302 g/mol. The van der Waals surface area contributed by atoms with Crippen LogP contribution in [0.2, 0.25) is 0 Å². The van der Waals surface area contributed by atoms with E-state index in [0.717, 1.165) is 23.4 Å². The first kappa shape index (κ1) is 14.4. The van der Waals surface area contributed by atoms with Gasteiger partial charge in [-0.25, -0.2) is 4.98 Å². The molecule has 1 aliphatic heterocycles. The van der Waals surface area contributed by atoms with Crippen molar-refractivity contribution in [2.24, 2.45) is 5.73 Å². The number of hydrogen-bond acceptors (Lipinski definition) is 5. The van der Waals surface area contributed by atoms with Crippen molar-refractivity contribution in [3.05, 3.63) is 51.5 Å². The van der Waals surface area contributed by atoms with E-state index in [1.807, 2.05) is 23.6 Å². The standard InChI is InChI=1S/C16H18N2O2S/c17-7-5-16-18-13(10-21-16)14(19)9-15-12-4-2-1-3-11(12)6-8-20-15/h1-4,10,15H,5-9,17H2. The van der Waals surface area contributed by atoms with E-state index < -0.39 is 0 Å². The van der Waals surface area contributed by atoms with Crippen LogP contribution in [0.4, 0.5) is 0 Å². The molecule has 3 rings (SSSR count). The highest BCUT2D eigenvalue weighted by Gasteiger charge is 2.24. The largest absolute Gasteiger partial charge is 0.373 e. The van der Waals surface area contributed by atoms with Crippen LogP contribution in [0.25, 0.3) is 0 Å². The summed E-state index contributed by atoms with van der Waals surface area (Å²) in [6.07, 6.45) is 1.84. The maximum Gasteiger partial charge on any atom is 0.184 e. The van der Waals surface area contributed by atoms with Crippen molar-refractivity contribution in [1.29, 1.82) is 0 Å². The molecule has 2 heterocycles. The molecule has 1 aromatic carbocycles. The minimum Gasteiger partial charge on any atom is -0.373 e. The average molecular weight is 302 g/mol. The number of carbonyl (C=O) groups is 1. The summed E-state index contributed by atoms with van der Waals surface area (Å²) < 4.78 is 5.79. The number of fused-ring (bicyclic) bond motifs is 1. The van der Waals surface area contributed by atoms with Crippen LogP contribution in [0.5, 0.6) is 0 Å². The highest BCUT2D eigenvalue weighted by atomic mass is 32.1. The van der Waals surface area contributed by atoms with Crippen molar-refractivity contribution >= 4 is 17.1 Å². The Morgan fingerprint density at radius 3 is 3.14 bits per heavy atom. The molecule has 1 atom stereocenters. The van der Waals surface area contributed by atoms with Crippen molar-refractivity contribution in [3.8, 4) is 0 Å². The lowest BCUT2D eigenvalue weighted by atomic mass is 9.94. The number of hydrogen-bond donors (Lipinski definition) is 1. The zero-order valence-corrected chi connectivity index (χ0v) is 12.6. The van der Waals surface area contributed by atoms with Gasteiger partial charge >= 0.3 is 0 Å². The quantitative estimate of drug-likeness (QED) is 0.862. The van der Waals surface area contributed by atoms with Crippen LogP contribution in [-0.2, 0) is 17.6 Å². The molecular formula is C16H18N2O2S. The summed E-state index contributed by atoms with van der Waals surface area (Å²) in [5.74, 6) is 0.0382. The van der Waals surface area contributed by atoms with Gasteiger partial charge in [0.25, 0.3) is 0 Å². The lowest BCUT2D eigenvalue weighted by Gasteiger charge is -2.25. The molecule has 2 N–H and O–H groups in total. The van der Waals surface area contributed by atoms with E-state index in [2.05, 4.69) is 11.1 Å². The molecule has 110 valence electrons. The predicted octanol–water partition coefficient (Wildman–Crippen LogP) is 2.53. The van der Waals surface area contributed by atoms with Crippen LogP contribution < -0.4 is 5.73 Å². The second kappa shape index (κ2) is 6.47. The van der Waals surface area contributed by atoms with Gasteiger partial charge in [0.05, 0.1) is 17.7 Å². The Labute approximate surface area is 128 Å². The molecule has 5 heteroatoms. The third-order valence-corrected chi connectivity index (χ3v) is 4.57. The smallest absolute Gasteiger partial charge is 0.184 e. The molecule has 1 aliphatic rings. The normalized spacial score (nSPS) is 17.5. The fraction of sp³-hybridized carbons (Fsp3) is 0.375. The molecule has 0 radical (unpaired) electrons. The third kappa shape index (κ3) is 3.20. The van der Waals surface area contributed by atoms with Crippen LogP contribution in [0.15, 0.2) is 29.6 Å². The molecular weight excluding hydrogens is 284 g/mol. The van der Waals surface area contributed by atoms with E-state index in [1.165, 1.54) is 16.9 Å². The van der Waals surface area contributed by atoms with Crippen LogP contribution in [0.3, 0.4) is 0 Å². The fourth-order valence-electron chi connectivity index (χ4n) is 2.60. The number of ether oxygens (including phenoxy) is 1. The second-order valence-electron chi connectivity index (χ2n) is 5.10. The zero-order chi connectivity index (χ0) is 14.7. The van der Waals surface area contributed by atoms with Crippen LogP contribution in [-0.4, -0.2) is 23.9 Å². The van der Waals surface area contributed by atoms with E-state index in [4.69, 9.17) is 10.5 Å². The molecule has 0 amide bonds.